The van der Waals surface area contributed by atoms with Crippen LogP contribution in [0.25, 0.3) is 0 Å². The first-order valence-corrected chi connectivity index (χ1v) is 12.8. The van der Waals surface area contributed by atoms with E-state index in [-0.39, 0.29) is 11.8 Å². The van der Waals surface area contributed by atoms with Crippen LogP contribution in [0.5, 0.6) is 0 Å². The van der Waals surface area contributed by atoms with Crippen LogP contribution in [0.3, 0.4) is 0 Å². The van der Waals surface area contributed by atoms with Gasteiger partial charge in [0.25, 0.3) is 0 Å². The third kappa shape index (κ3) is 8.38. The first-order valence-electron chi connectivity index (χ1n) is 11.6. The Kier molecular flexibility index (Phi) is 9.34. The van der Waals surface area contributed by atoms with E-state index in [9.17, 15) is 9.59 Å². The molecule has 0 fully saturated rings. The molecule has 34 heavy (non-hydrogen) atoms. The number of benzene rings is 3. The van der Waals surface area contributed by atoms with Crippen molar-refractivity contribution in [3.05, 3.63) is 108 Å². The average Bonchev–Trinajstić information content (AvgIpc) is 2.82. The molecule has 0 radical (unpaired) electrons. The Hall–Kier alpha value is -3.05. The van der Waals surface area contributed by atoms with Gasteiger partial charge in [0.15, 0.2) is 0 Å². The third-order valence-corrected chi connectivity index (χ3v) is 6.29. The summed E-state index contributed by atoms with van der Waals surface area (Å²) in [6.07, 6.45) is 0.463. The topological polar surface area (TPSA) is 49.4 Å². The van der Waals surface area contributed by atoms with Crippen LogP contribution in [0.2, 0.25) is 0 Å². The van der Waals surface area contributed by atoms with Crippen molar-refractivity contribution < 1.29 is 9.59 Å². The van der Waals surface area contributed by atoms with E-state index in [0.717, 1.165) is 16.9 Å². The Bertz CT molecular complexity index is 1030. The molecule has 0 heterocycles. The molecule has 4 nitrogen and oxygen atoms in total. The van der Waals surface area contributed by atoms with Gasteiger partial charge in [0.05, 0.1) is 5.75 Å². The number of nitrogens with zero attached hydrogens (tertiary/aromatic N) is 1. The molecule has 1 N–H and O–H groups in total. The Balaban J connectivity index is 1.84. The molecule has 3 aromatic carbocycles. The predicted molar refractivity (Wildman–Crippen MR) is 141 cm³/mol. The van der Waals surface area contributed by atoms with Crippen molar-refractivity contribution in [2.24, 2.45) is 0 Å². The highest BCUT2D eigenvalue weighted by molar-refractivity contribution is 7.99. The lowest BCUT2D eigenvalue weighted by Crippen LogP contribution is -2.54. The van der Waals surface area contributed by atoms with Gasteiger partial charge in [0, 0.05) is 24.3 Å². The Labute approximate surface area is 207 Å². The summed E-state index contributed by atoms with van der Waals surface area (Å²) in [7, 11) is 0. The molecule has 1 atom stereocenters. The van der Waals surface area contributed by atoms with Crippen LogP contribution in [0.15, 0.2) is 91.0 Å². The zero-order valence-corrected chi connectivity index (χ0v) is 21.1. The normalized spacial score (nSPS) is 12.1. The van der Waals surface area contributed by atoms with Crippen LogP contribution < -0.4 is 5.32 Å². The van der Waals surface area contributed by atoms with E-state index in [2.05, 4.69) is 17.4 Å². The molecule has 3 aromatic rings. The maximum Gasteiger partial charge on any atom is 0.243 e. The monoisotopic (exact) mass is 474 g/mol. The summed E-state index contributed by atoms with van der Waals surface area (Å²) in [5, 5.41) is 3.10. The van der Waals surface area contributed by atoms with E-state index in [1.54, 1.807) is 16.7 Å². The van der Waals surface area contributed by atoms with Gasteiger partial charge < -0.3 is 10.2 Å². The fraction of sp³-hybridized carbons (Fsp3) is 0.310. The zero-order valence-electron chi connectivity index (χ0n) is 20.2. The maximum absolute atomic E-state index is 13.6. The highest BCUT2D eigenvalue weighted by Crippen LogP contribution is 2.19. The number of thioether (sulfide) groups is 1. The molecule has 0 spiro atoms. The summed E-state index contributed by atoms with van der Waals surface area (Å²) in [6.45, 7) is 6.28. The van der Waals surface area contributed by atoms with E-state index in [1.165, 1.54) is 5.56 Å². The molecule has 0 aliphatic heterocycles. The van der Waals surface area contributed by atoms with E-state index in [0.29, 0.717) is 18.7 Å². The van der Waals surface area contributed by atoms with Crippen LogP contribution in [-0.2, 0) is 28.3 Å². The first-order chi connectivity index (χ1) is 16.3. The smallest absolute Gasteiger partial charge is 0.243 e. The summed E-state index contributed by atoms with van der Waals surface area (Å²) < 4.78 is 0. The molecular formula is C29H34N2O2S. The second kappa shape index (κ2) is 12.4. The van der Waals surface area contributed by atoms with Crippen LogP contribution in [-0.4, -0.2) is 34.0 Å². The van der Waals surface area contributed by atoms with Crippen LogP contribution in [0.4, 0.5) is 0 Å². The second-order valence-corrected chi connectivity index (χ2v) is 10.4. The van der Waals surface area contributed by atoms with Crippen molar-refractivity contribution in [1.82, 2.24) is 10.2 Å². The number of hydrogen-bond donors (Lipinski definition) is 1. The molecule has 0 bridgehead atoms. The third-order valence-electron chi connectivity index (χ3n) is 5.30. The van der Waals surface area contributed by atoms with Gasteiger partial charge in [0.2, 0.25) is 11.8 Å². The summed E-state index contributed by atoms with van der Waals surface area (Å²) in [4.78, 5) is 28.8. The minimum atomic E-state index is -0.605. The first kappa shape index (κ1) is 25.6. The van der Waals surface area contributed by atoms with Gasteiger partial charge >= 0.3 is 0 Å². The summed E-state index contributed by atoms with van der Waals surface area (Å²) in [5.41, 5.74) is 2.82. The molecule has 0 saturated carbocycles. The van der Waals surface area contributed by atoms with E-state index >= 15 is 0 Å². The van der Waals surface area contributed by atoms with Crippen molar-refractivity contribution in [3.8, 4) is 0 Å². The largest absolute Gasteiger partial charge is 0.350 e. The molecule has 0 saturated heterocycles. The van der Waals surface area contributed by atoms with Crippen LogP contribution >= 0.6 is 11.8 Å². The van der Waals surface area contributed by atoms with E-state index in [4.69, 9.17) is 0 Å². The van der Waals surface area contributed by atoms with Gasteiger partial charge in [-0.05, 0) is 37.5 Å². The van der Waals surface area contributed by atoms with E-state index < -0.39 is 11.6 Å². The standard InChI is InChI=1S/C29H34N2O2S/c1-29(2,3)30-28(33)26(19-23-13-7-4-8-14-23)31(20-24-15-9-5-10-16-24)27(32)22-34-21-25-17-11-6-12-18-25/h4-18,26H,19-22H2,1-3H3,(H,30,33). The summed E-state index contributed by atoms with van der Waals surface area (Å²) in [5.74, 6) is 0.905. The number of nitrogens with one attached hydrogen (secondary N) is 1. The number of amides is 2. The molecule has 0 aliphatic rings. The molecule has 5 heteroatoms. The predicted octanol–water partition coefficient (Wildman–Crippen LogP) is 5.47. The van der Waals surface area contributed by atoms with Crippen molar-refractivity contribution in [1.29, 1.82) is 0 Å². The fourth-order valence-corrected chi connectivity index (χ4v) is 4.57. The summed E-state index contributed by atoms with van der Waals surface area (Å²) >= 11 is 1.58. The second-order valence-electron chi connectivity index (χ2n) is 9.43. The lowest BCUT2D eigenvalue weighted by atomic mass is 10.0. The lowest BCUT2D eigenvalue weighted by molar-refractivity contribution is -0.140. The number of carbonyl (C=O) groups is 2. The highest BCUT2D eigenvalue weighted by atomic mass is 32.2. The van der Waals surface area contributed by atoms with Gasteiger partial charge in [-0.25, -0.2) is 0 Å². The number of hydrogen-bond acceptors (Lipinski definition) is 3. The summed E-state index contributed by atoms with van der Waals surface area (Å²) in [6, 6.07) is 29.3. The zero-order chi connectivity index (χ0) is 24.4. The fourth-order valence-electron chi connectivity index (χ4n) is 3.70. The highest BCUT2D eigenvalue weighted by Gasteiger charge is 2.32. The SMILES string of the molecule is CC(C)(C)NC(=O)C(Cc1ccccc1)N(Cc1ccccc1)C(=O)CSCc1ccccc1. The Morgan fingerprint density at radius 1 is 0.794 bits per heavy atom. The van der Waals surface area contributed by atoms with Crippen molar-refractivity contribution >= 4 is 23.6 Å². The Morgan fingerprint density at radius 3 is 1.82 bits per heavy atom. The molecule has 0 aromatic heterocycles. The Morgan fingerprint density at radius 2 is 1.29 bits per heavy atom. The van der Waals surface area contributed by atoms with Gasteiger partial charge in [-0.1, -0.05) is 91.0 Å². The van der Waals surface area contributed by atoms with Crippen LogP contribution in [0.1, 0.15) is 37.5 Å². The molecular weight excluding hydrogens is 440 g/mol. The van der Waals surface area contributed by atoms with Crippen molar-refractivity contribution in [3.63, 3.8) is 0 Å². The number of rotatable bonds is 10. The lowest BCUT2D eigenvalue weighted by Gasteiger charge is -2.34. The molecule has 0 aliphatic carbocycles. The number of carbonyl (C=O) groups excluding carboxylic acids is 2. The van der Waals surface area contributed by atoms with Crippen LogP contribution in [0, 0.1) is 0 Å². The minimum absolute atomic E-state index is 0.0326. The quantitative estimate of drug-likeness (QED) is 0.424. The minimum Gasteiger partial charge on any atom is -0.350 e. The van der Waals surface area contributed by atoms with Gasteiger partial charge in [-0.2, -0.15) is 0 Å². The van der Waals surface area contributed by atoms with Gasteiger partial charge in [-0.15, -0.1) is 11.8 Å². The molecule has 3 rings (SSSR count). The maximum atomic E-state index is 13.6. The average molecular weight is 475 g/mol. The van der Waals surface area contributed by atoms with Crippen molar-refractivity contribution in [2.75, 3.05) is 5.75 Å². The van der Waals surface area contributed by atoms with E-state index in [1.807, 2.05) is 99.6 Å². The molecule has 178 valence electrons. The van der Waals surface area contributed by atoms with Gasteiger partial charge in [-0.3, -0.25) is 9.59 Å². The molecule has 2 amide bonds. The molecule has 1 unspecified atom stereocenters. The van der Waals surface area contributed by atoms with Gasteiger partial charge in [0.1, 0.15) is 6.04 Å². The van der Waals surface area contributed by atoms with Crippen molar-refractivity contribution in [2.45, 2.75) is 51.1 Å².